The molecule has 0 aromatic heterocycles. The third-order valence-electron chi connectivity index (χ3n) is 6.91. The highest BCUT2D eigenvalue weighted by Gasteiger charge is 2.39. The minimum atomic E-state index is 0.183. The van der Waals surface area contributed by atoms with E-state index in [0.717, 1.165) is 40.6 Å². The normalized spacial score (nSPS) is 23.9. The van der Waals surface area contributed by atoms with Crippen LogP contribution in [0.3, 0.4) is 0 Å². The van der Waals surface area contributed by atoms with Crippen LogP contribution in [0.4, 0.5) is 0 Å². The summed E-state index contributed by atoms with van der Waals surface area (Å²) in [5, 5.41) is 4.67. The summed E-state index contributed by atoms with van der Waals surface area (Å²) in [4.78, 5) is 12.5. The van der Waals surface area contributed by atoms with Crippen molar-refractivity contribution in [1.29, 1.82) is 0 Å². The second kappa shape index (κ2) is 9.53. The lowest BCUT2D eigenvalue weighted by Crippen LogP contribution is -2.29. The van der Waals surface area contributed by atoms with Gasteiger partial charge in [-0.25, -0.2) is 0 Å². The maximum Gasteiger partial charge on any atom is 0.220 e. The van der Waals surface area contributed by atoms with Crippen LogP contribution in [-0.2, 0) is 11.2 Å². The number of carbonyl (C=O) groups excluding carboxylic acids is 1. The van der Waals surface area contributed by atoms with Gasteiger partial charge in [-0.05, 0) is 85.3 Å². The molecule has 2 aliphatic rings. The van der Waals surface area contributed by atoms with Crippen LogP contribution in [0.5, 0.6) is 0 Å². The smallest absolute Gasteiger partial charge is 0.220 e. The molecular weight excluding hydrogens is 401 g/mol. The summed E-state index contributed by atoms with van der Waals surface area (Å²) in [6.07, 6.45) is 8.12. The zero-order chi connectivity index (χ0) is 20.2. The molecule has 2 aromatic rings. The summed E-state index contributed by atoms with van der Waals surface area (Å²) < 4.78 is 0. The van der Waals surface area contributed by atoms with E-state index in [2.05, 4.69) is 29.6 Å². The average Bonchev–Trinajstić information content (AvgIpc) is 3.35. The fraction of sp³-hybridized carbons (Fsp3) is 0.480. The van der Waals surface area contributed by atoms with Crippen molar-refractivity contribution in [3.05, 3.63) is 69.7 Å². The third-order valence-corrected chi connectivity index (χ3v) is 7.41. The van der Waals surface area contributed by atoms with E-state index in [1.807, 2.05) is 24.3 Å². The fourth-order valence-corrected chi connectivity index (χ4v) is 5.57. The van der Waals surface area contributed by atoms with Crippen molar-refractivity contribution < 1.29 is 4.79 Å². The number of carbonyl (C=O) groups is 1. The Morgan fingerprint density at radius 1 is 0.966 bits per heavy atom. The molecule has 2 saturated carbocycles. The molecule has 1 amide bonds. The topological polar surface area (TPSA) is 29.1 Å². The molecule has 2 aromatic carbocycles. The number of amides is 1. The molecule has 4 rings (SSSR count). The molecule has 1 N–H and O–H groups in total. The maximum absolute atomic E-state index is 12.5. The number of halogens is 2. The molecule has 0 spiro atoms. The minimum absolute atomic E-state index is 0.183. The quantitative estimate of drug-likeness (QED) is 0.499. The van der Waals surface area contributed by atoms with Crippen LogP contribution in [0.2, 0.25) is 10.0 Å². The van der Waals surface area contributed by atoms with E-state index in [0.29, 0.717) is 13.0 Å². The average molecular weight is 430 g/mol. The number of benzene rings is 2. The van der Waals surface area contributed by atoms with Crippen LogP contribution < -0.4 is 5.32 Å². The Morgan fingerprint density at radius 3 is 2.28 bits per heavy atom. The zero-order valence-corrected chi connectivity index (χ0v) is 18.3. The van der Waals surface area contributed by atoms with Gasteiger partial charge < -0.3 is 5.32 Å². The Morgan fingerprint density at radius 2 is 1.66 bits per heavy atom. The van der Waals surface area contributed by atoms with E-state index in [1.165, 1.54) is 36.8 Å². The minimum Gasteiger partial charge on any atom is -0.355 e. The standard InChI is InChI=1S/C25H29Cl2NO/c26-23-8-2-17(3-9-23)13-22(19-5-10-24(27)11-6-19)16-28-25(29)12-7-21-15-18-1-4-20(21)14-18/h2-3,5-6,8-11,18,20-22H,1,4,7,12-16H2,(H,28,29)/t18?,20?,21?,22-/m0/s1. The van der Waals surface area contributed by atoms with Gasteiger partial charge in [0, 0.05) is 28.9 Å². The molecule has 3 unspecified atom stereocenters. The largest absolute Gasteiger partial charge is 0.355 e. The van der Waals surface area contributed by atoms with Crippen molar-refractivity contribution in [2.24, 2.45) is 17.8 Å². The highest BCUT2D eigenvalue weighted by atomic mass is 35.5. The summed E-state index contributed by atoms with van der Waals surface area (Å²) in [5.74, 6) is 3.00. The Kier molecular flexibility index (Phi) is 6.82. The van der Waals surface area contributed by atoms with E-state index >= 15 is 0 Å². The van der Waals surface area contributed by atoms with Crippen LogP contribution in [0.1, 0.15) is 55.6 Å². The highest BCUT2D eigenvalue weighted by molar-refractivity contribution is 6.30. The molecule has 0 aliphatic heterocycles. The summed E-state index contributed by atoms with van der Waals surface area (Å²) in [5.41, 5.74) is 2.41. The highest BCUT2D eigenvalue weighted by Crippen LogP contribution is 2.49. The van der Waals surface area contributed by atoms with Crippen molar-refractivity contribution in [1.82, 2.24) is 5.32 Å². The first-order valence-corrected chi connectivity index (χ1v) is 11.6. The molecular formula is C25H29Cl2NO. The second-order valence-electron chi connectivity index (χ2n) is 8.86. The molecule has 4 heteroatoms. The molecule has 154 valence electrons. The lowest BCUT2D eigenvalue weighted by molar-refractivity contribution is -0.121. The SMILES string of the molecule is O=C(CCC1CC2CCC1C2)NC[C@H](Cc1ccc(Cl)cc1)c1ccc(Cl)cc1. The predicted octanol–water partition coefficient (Wildman–Crippen LogP) is 6.65. The van der Waals surface area contributed by atoms with Crippen LogP contribution in [0, 0.1) is 17.8 Å². The maximum atomic E-state index is 12.5. The molecule has 2 bridgehead atoms. The van der Waals surface area contributed by atoms with E-state index in [1.54, 1.807) is 0 Å². The lowest BCUT2D eigenvalue weighted by atomic mass is 9.85. The number of rotatable bonds is 8. The van der Waals surface area contributed by atoms with Gasteiger partial charge >= 0.3 is 0 Å². The van der Waals surface area contributed by atoms with Crippen molar-refractivity contribution in [3.63, 3.8) is 0 Å². The zero-order valence-electron chi connectivity index (χ0n) is 16.7. The first-order valence-electron chi connectivity index (χ1n) is 10.8. The monoisotopic (exact) mass is 429 g/mol. The summed E-state index contributed by atoms with van der Waals surface area (Å²) in [7, 11) is 0. The Hall–Kier alpha value is -1.51. The lowest BCUT2D eigenvalue weighted by Gasteiger charge is -2.22. The van der Waals surface area contributed by atoms with Crippen LogP contribution in [-0.4, -0.2) is 12.5 Å². The number of fused-ring (bicyclic) bond motifs is 2. The Labute approximate surface area is 184 Å². The molecule has 0 heterocycles. The molecule has 2 nitrogen and oxygen atoms in total. The van der Waals surface area contributed by atoms with E-state index < -0.39 is 0 Å². The van der Waals surface area contributed by atoms with Gasteiger partial charge in [0.15, 0.2) is 0 Å². The van der Waals surface area contributed by atoms with E-state index in [-0.39, 0.29) is 11.8 Å². The van der Waals surface area contributed by atoms with Crippen LogP contribution >= 0.6 is 23.2 Å². The third kappa shape index (κ3) is 5.55. The van der Waals surface area contributed by atoms with Gasteiger partial charge in [0.05, 0.1) is 0 Å². The van der Waals surface area contributed by atoms with Crippen molar-refractivity contribution in [2.75, 3.05) is 6.54 Å². The van der Waals surface area contributed by atoms with Gasteiger partial charge in [0.2, 0.25) is 5.91 Å². The second-order valence-corrected chi connectivity index (χ2v) is 9.73. The molecule has 4 atom stereocenters. The molecule has 2 fully saturated rings. The van der Waals surface area contributed by atoms with Crippen molar-refractivity contribution >= 4 is 29.1 Å². The van der Waals surface area contributed by atoms with Gasteiger partial charge in [-0.3, -0.25) is 4.79 Å². The van der Waals surface area contributed by atoms with Gasteiger partial charge in [-0.2, -0.15) is 0 Å². The van der Waals surface area contributed by atoms with E-state index in [9.17, 15) is 4.79 Å². The number of hydrogen-bond acceptors (Lipinski definition) is 1. The Balaban J connectivity index is 1.33. The first-order chi connectivity index (χ1) is 14.1. The number of hydrogen-bond donors (Lipinski definition) is 1. The van der Waals surface area contributed by atoms with Gasteiger partial charge in [0.1, 0.15) is 0 Å². The van der Waals surface area contributed by atoms with Gasteiger partial charge in [0.25, 0.3) is 0 Å². The summed E-state index contributed by atoms with van der Waals surface area (Å²) in [6, 6.07) is 15.9. The number of nitrogens with one attached hydrogen (secondary N) is 1. The molecule has 0 radical (unpaired) electrons. The van der Waals surface area contributed by atoms with E-state index in [4.69, 9.17) is 23.2 Å². The summed E-state index contributed by atoms with van der Waals surface area (Å²) >= 11 is 12.1. The van der Waals surface area contributed by atoms with Gasteiger partial charge in [-0.15, -0.1) is 0 Å². The van der Waals surface area contributed by atoms with Crippen molar-refractivity contribution in [3.8, 4) is 0 Å². The Bertz CT molecular complexity index is 818. The molecule has 29 heavy (non-hydrogen) atoms. The van der Waals surface area contributed by atoms with Crippen LogP contribution in [0.25, 0.3) is 0 Å². The van der Waals surface area contributed by atoms with Gasteiger partial charge in [-0.1, -0.05) is 53.9 Å². The molecule has 2 aliphatic carbocycles. The first kappa shape index (κ1) is 20.8. The predicted molar refractivity (Wildman–Crippen MR) is 121 cm³/mol. The fourth-order valence-electron chi connectivity index (χ4n) is 5.32. The molecule has 0 saturated heterocycles. The summed E-state index contributed by atoms with van der Waals surface area (Å²) in [6.45, 7) is 0.639. The van der Waals surface area contributed by atoms with Crippen molar-refractivity contribution in [2.45, 2.75) is 50.9 Å². The van der Waals surface area contributed by atoms with Crippen LogP contribution in [0.15, 0.2) is 48.5 Å².